The van der Waals surface area contributed by atoms with Crippen molar-refractivity contribution in [1.29, 1.82) is 0 Å². The molecule has 1 saturated carbocycles. The van der Waals surface area contributed by atoms with Gasteiger partial charge in [0.15, 0.2) is 0 Å². The van der Waals surface area contributed by atoms with Gasteiger partial charge in [0.2, 0.25) is 0 Å². The second-order valence-electron chi connectivity index (χ2n) is 9.31. The molecule has 3 aromatic rings. The molecule has 2 saturated heterocycles. The largest absolute Gasteiger partial charge is 0.496 e. The highest BCUT2D eigenvalue weighted by Crippen LogP contribution is 2.50. The van der Waals surface area contributed by atoms with E-state index < -0.39 is 5.97 Å². The monoisotopic (exact) mass is 448 g/mol. The molecule has 0 spiro atoms. The Hall–Kier alpha value is -2.83. The van der Waals surface area contributed by atoms with E-state index in [2.05, 4.69) is 35.9 Å². The maximum Gasteiger partial charge on any atom is 0.335 e. The minimum absolute atomic E-state index is 0.178. The number of benzene rings is 2. The van der Waals surface area contributed by atoms with Crippen LogP contribution in [-0.4, -0.2) is 46.8 Å². The quantitative estimate of drug-likeness (QED) is 0.512. The lowest BCUT2D eigenvalue weighted by atomic mass is 9.70. The summed E-state index contributed by atoms with van der Waals surface area (Å²) >= 11 is 0. The molecule has 2 bridgehead atoms. The summed E-state index contributed by atoms with van der Waals surface area (Å²) in [4.78, 5) is 17.4. The average Bonchev–Trinajstić information content (AvgIpc) is 3.32. The van der Waals surface area contributed by atoms with Gasteiger partial charge in [-0.05, 0) is 68.5 Å². The average molecular weight is 449 g/mol. The summed E-state index contributed by atoms with van der Waals surface area (Å²) in [7, 11) is 1.74. The van der Waals surface area contributed by atoms with Crippen LogP contribution in [0.2, 0.25) is 0 Å². The van der Waals surface area contributed by atoms with Crippen LogP contribution in [0.3, 0.4) is 0 Å². The second-order valence-corrected chi connectivity index (χ2v) is 9.31. The fourth-order valence-corrected chi connectivity index (χ4v) is 6.13. The van der Waals surface area contributed by atoms with Gasteiger partial charge in [-0.15, -0.1) is 0 Å². The Kier molecular flexibility index (Phi) is 5.89. The number of aromatic nitrogens is 1. The Morgan fingerprint density at radius 1 is 1.21 bits per heavy atom. The van der Waals surface area contributed by atoms with Crippen molar-refractivity contribution >= 4 is 16.9 Å². The van der Waals surface area contributed by atoms with Gasteiger partial charge in [-0.1, -0.05) is 12.1 Å². The number of rotatable bonds is 7. The van der Waals surface area contributed by atoms with E-state index in [0.29, 0.717) is 24.1 Å². The molecule has 2 N–H and O–H groups in total. The van der Waals surface area contributed by atoms with Crippen LogP contribution in [0.4, 0.5) is 0 Å². The van der Waals surface area contributed by atoms with Gasteiger partial charge in [-0.3, -0.25) is 4.90 Å². The van der Waals surface area contributed by atoms with Crippen LogP contribution in [0.1, 0.15) is 59.3 Å². The van der Waals surface area contributed by atoms with Crippen LogP contribution in [0.25, 0.3) is 10.9 Å². The number of ether oxygens (including phenoxy) is 2. The lowest BCUT2D eigenvalue weighted by molar-refractivity contribution is -0.121. The molecule has 6 rings (SSSR count). The van der Waals surface area contributed by atoms with Crippen molar-refractivity contribution < 1.29 is 19.4 Å². The molecule has 2 aliphatic heterocycles. The van der Waals surface area contributed by atoms with Crippen molar-refractivity contribution in [2.75, 3.05) is 13.7 Å². The summed E-state index contributed by atoms with van der Waals surface area (Å²) in [6.07, 6.45) is 5.55. The second kappa shape index (κ2) is 8.84. The number of carboxylic acid groups (broad SMARTS) is 1. The summed E-state index contributed by atoms with van der Waals surface area (Å²) in [6, 6.07) is 12.3. The summed E-state index contributed by atoms with van der Waals surface area (Å²) < 4.78 is 12.0. The maximum atomic E-state index is 11.4. The molecular weight excluding hydrogens is 416 g/mol. The van der Waals surface area contributed by atoms with Crippen LogP contribution in [0.15, 0.2) is 42.6 Å². The van der Waals surface area contributed by atoms with Crippen LogP contribution in [0, 0.1) is 12.8 Å². The summed E-state index contributed by atoms with van der Waals surface area (Å²) in [5.74, 6) is 0.404. The number of fused-ring (bicyclic) bond motifs is 4. The first-order valence-electron chi connectivity index (χ1n) is 11.9. The van der Waals surface area contributed by atoms with E-state index in [1.165, 1.54) is 16.5 Å². The minimum atomic E-state index is -0.894. The fraction of sp³-hybridized carbons (Fsp3) is 0.444. The molecule has 3 fully saturated rings. The zero-order valence-electron chi connectivity index (χ0n) is 19.5. The Balaban J connectivity index is 1.57. The van der Waals surface area contributed by atoms with Crippen LogP contribution < -0.4 is 4.74 Å². The first-order chi connectivity index (χ1) is 16.0. The molecule has 3 aliphatic rings. The number of methoxy groups -OCH3 is 1. The highest BCUT2D eigenvalue weighted by Gasteiger charge is 2.48. The molecule has 2 aromatic carbocycles. The number of nitrogens with one attached hydrogen (secondary N) is 1. The zero-order valence-corrected chi connectivity index (χ0v) is 19.5. The Labute approximate surface area is 194 Å². The molecule has 174 valence electrons. The van der Waals surface area contributed by atoms with E-state index in [1.807, 2.05) is 18.3 Å². The number of carboxylic acids is 1. The number of nitrogens with zero attached hydrogens (tertiary/aromatic N) is 1. The smallest absolute Gasteiger partial charge is 0.335 e. The topological polar surface area (TPSA) is 74.8 Å². The van der Waals surface area contributed by atoms with E-state index >= 15 is 0 Å². The van der Waals surface area contributed by atoms with Crippen molar-refractivity contribution in [3.05, 3.63) is 64.8 Å². The molecule has 0 amide bonds. The highest BCUT2D eigenvalue weighted by atomic mass is 16.5. The lowest BCUT2D eigenvalue weighted by Gasteiger charge is -2.55. The van der Waals surface area contributed by atoms with E-state index in [1.54, 1.807) is 19.2 Å². The lowest BCUT2D eigenvalue weighted by Crippen LogP contribution is -2.56. The maximum absolute atomic E-state index is 11.4. The SMILES string of the molecule is CCOC1CC2CCC1C(c1ccc(C(=O)O)cc1)N2Cc1c(OC)cc(C)c2[nH]ccc12. The zero-order chi connectivity index (χ0) is 23.1. The van der Waals surface area contributed by atoms with Gasteiger partial charge in [-0.2, -0.15) is 0 Å². The van der Waals surface area contributed by atoms with E-state index in [-0.39, 0.29) is 12.1 Å². The van der Waals surface area contributed by atoms with Gasteiger partial charge in [0.25, 0.3) is 0 Å². The number of aromatic carboxylic acids is 1. The van der Waals surface area contributed by atoms with Crippen molar-refractivity contribution in [1.82, 2.24) is 9.88 Å². The van der Waals surface area contributed by atoms with Gasteiger partial charge in [-0.25, -0.2) is 4.79 Å². The molecule has 4 unspecified atom stereocenters. The number of H-pyrrole nitrogens is 1. The molecule has 3 heterocycles. The number of carbonyl (C=O) groups is 1. The summed E-state index contributed by atoms with van der Waals surface area (Å²) in [5.41, 5.74) is 5.01. The van der Waals surface area contributed by atoms with E-state index in [4.69, 9.17) is 9.47 Å². The van der Waals surface area contributed by atoms with Gasteiger partial charge >= 0.3 is 5.97 Å². The number of piperidine rings is 2. The van der Waals surface area contributed by atoms with Gasteiger partial charge < -0.3 is 19.6 Å². The normalized spacial score (nSPS) is 24.9. The predicted octanol–water partition coefficient (Wildman–Crippen LogP) is 5.31. The highest BCUT2D eigenvalue weighted by molar-refractivity contribution is 5.88. The molecule has 6 nitrogen and oxygen atoms in total. The van der Waals surface area contributed by atoms with Gasteiger partial charge in [0.1, 0.15) is 5.75 Å². The number of aromatic amines is 1. The van der Waals surface area contributed by atoms with Crippen molar-refractivity contribution in [2.45, 2.75) is 57.8 Å². The Morgan fingerprint density at radius 3 is 2.70 bits per heavy atom. The van der Waals surface area contributed by atoms with E-state index in [0.717, 1.165) is 42.6 Å². The van der Waals surface area contributed by atoms with E-state index in [9.17, 15) is 9.90 Å². The molecule has 4 atom stereocenters. The molecule has 1 aromatic heterocycles. The van der Waals surface area contributed by atoms with Crippen LogP contribution >= 0.6 is 0 Å². The minimum Gasteiger partial charge on any atom is -0.496 e. The number of hydrogen-bond acceptors (Lipinski definition) is 4. The number of hydrogen-bond donors (Lipinski definition) is 2. The standard InChI is InChI=1S/C27H32N2O4/c1-4-33-24-14-19-9-10-21(24)26(17-5-7-18(8-6-17)27(30)31)29(19)15-22-20-11-12-28-25(20)16(2)13-23(22)32-3/h5-8,11-13,19,21,24,26,28H,4,9-10,14-15H2,1-3H3,(H,30,31). The molecule has 33 heavy (non-hydrogen) atoms. The first-order valence-corrected chi connectivity index (χ1v) is 11.9. The third kappa shape index (κ3) is 3.81. The van der Waals surface area contributed by atoms with Crippen LogP contribution in [0.5, 0.6) is 5.75 Å². The molecular formula is C27H32N2O4. The molecule has 0 radical (unpaired) electrons. The molecule has 6 heteroatoms. The first kappa shape index (κ1) is 22.0. The van der Waals surface area contributed by atoms with Gasteiger partial charge in [0, 0.05) is 53.8 Å². The Morgan fingerprint density at radius 2 is 2.00 bits per heavy atom. The fourth-order valence-electron chi connectivity index (χ4n) is 6.13. The third-order valence-electron chi connectivity index (χ3n) is 7.60. The van der Waals surface area contributed by atoms with Gasteiger partial charge in [0.05, 0.1) is 18.8 Å². The van der Waals surface area contributed by atoms with Crippen molar-refractivity contribution in [3.63, 3.8) is 0 Å². The number of aryl methyl sites for hydroxylation is 1. The third-order valence-corrected chi connectivity index (χ3v) is 7.60. The van der Waals surface area contributed by atoms with Crippen LogP contribution in [-0.2, 0) is 11.3 Å². The van der Waals surface area contributed by atoms with Crippen molar-refractivity contribution in [3.8, 4) is 5.75 Å². The Bertz CT molecular complexity index is 1150. The summed E-state index contributed by atoms with van der Waals surface area (Å²) in [6.45, 7) is 5.67. The molecule has 1 aliphatic carbocycles. The van der Waals surface area contributed by atoms with Crippen molar-refractivity contribution in [2.24, 2.45) is 5.92 Å². The summed E-state index contributed by atoms with van der Waals surface area (Å²) in [5, 5.41) is 10.6. The predicted molar refractivity (Wildman–Crippen MR) is 128 cm³/mol.